The second kappa shape index (κ2) is 5.13. The lowest BCUT2D eigenvalue weighted by atomic mass is 9.63. The molecule has 106 valence electrons. The molecular weight excluding hydrogens is 220 g/mol. The van der Waals surface area contributed by atoms with Gasteiger partial charge in [-0.2, -0.15) is 0 Å². The van der Waals surface area contributed by atoms with Crippen LogP contribution in [-0.4, -0.2) is 37.6 Å². The highest BCUT2D eigenvalue weighted by molar-refractivity contribution is 4.95. The minimum absolute atomic E-state index is 0.521. The molecule has 1 aliphatic heterocycles. The Hall–Kier alpha value is -0.0800. The van der Waals surface area contributed by atoms with Crippen LogP contribution >= 0.6 is 0 Å². The van der Waals surface area contributed by atoms with E-state index in [9.17, 15) is 0 Å². The molecule has 2 aliphatic rings. The standard InChI is InChI=1S/C16H32N2/c1-15(2)8-14(9-16(3,4)12-15)18-7-6-13(11-18)10-17-5/h13-14,17H,6-12H2,1-5H3. The van der Waals surface area contributed by atoms with Crippen molar-refractivity contribution in [1.82, 2.24) is 10.2 Å². The molecule has 2 fully saturated rings. The van der Waals surface area contributed by atoms with E-state index in [1.165, 1.54) is 45.3 Å². The summed E-state index contributed by atoms with van der Waals surface area (Å²) in [5.74, 6) is 0.878. The van der Waals surface area contributed by atoms with E-state index in [1.54, 1.807) is 0 Å². The minimum Gasteiger partial charge on any atom is -0.319 e. The van der Waals surface area contributed by atoms with Gasteiger partial charge in [0.2, 0.25) is 0 Å². The molecule has 1 heterocycles. The molecular formula is C16H32N2. The molecule has 2 heteroatoms. The lowest BCUT2D eigenvalue weighted by Crippen LogP contribution is -2.45. The van der Waals surface area contributed by atoms with E-state index in [1.807, 2.05) is 0 Å². The Labute approximate surface area is 114 Å². The van der Waals surface area contributed by atoms with Crippen molar-refractivity contribution in [3.05, 3.63) is 0 Å². The Kier molecular flexibility index (Phi) is 4.08. The molecule has 0 aromatic heterocycles. The van der Waals surface area contributed by atoms with Gasteiger partial charge in [-0.1, -0.05) is 27.7 Å². The molecule has 18 heavy (non-hydrogen) atoms. The largest absolute Gasteiger partial charge is 0.319 e. The Morgan fingerprint density at radius 1 is 1.11 bits per heavy atom. The molecule has 1 saturated carbocycles. The number of rotatable bonds is 3. The maximum atomic E-state index is 3.34. The molecule has 2 nitrogen and oxygen atoms in total. The normalized spacial score (nSPS) is 32.8. The molecule has 0 spiro atoms. The van der Waals surface area contributed by atoms with Crippen LogP contribution in [0, 0.1) is 16.7 Å². The van der Waals surface area contributed by atoms with Gasteiger partial charge >= 0.3 is 0 Å². The summed E-state index contributed by atoms with van der Waals surface area (Å²) in [5.41, 5.74) is 1.04. The summed E-state index contributed by atoms with van der Waals surface area (Å²) in [4.78, 5) is 2.78. The van der Waals surface area contributed by atoms with E-state index in [0.29, 0.717) is 10.8 Å². The number of nitrogens with one attached hydrogen (secondary N) is 1. The fourth-order valence-electron chi connectivity index (χ4n) is 4.70. The summed E-state index contributed by atoms with van der Waals surface area (Å²) < 4.78 is 0. The van der Waals surface area contributed by atoms with Crippen molar-refractivity contribution in [2.45, 2.75) is 59.4 Å². The lowest BCUT2D eigenvalue weighted by Gasteiger charge is -2.48. The van der Waals surface area contributed by atoms with Gasteiger partial charge < -0.3 is 10.2 Å². The van der Waals surface area contributed by atoms with Crippen molar-refractivity contribution >= 4 is 0 Å². The van der Waals surface area contributed by atoms with Gasteiger partial charge in [-0.25, -0.2) is 0 Å². The van der Waals surface area contributed by atoms with Gasteiger partial charge in [0.25, 0.3) is 0 Å². The van der Waals surface area contributed by atoms with Crippen LogP contribution in [0.25, 0.3) is 0 Å². The average molecular weight is 252 g/mol. The van der Waals surface area contributed by atoms with Crippen molar-refractivity contribution in [3.63, 3.8) is 0 Å². The van der Waals surface area contributed by atoms with Crippen LogP contribution < -0.4 is 5.32 Å². The first-order valence-corrected chi connectivity index (χ1v) is 7.70. The zero-order valence-corrected chi connectivity index (χ0v) is 13.1. The molecule has 1 atom stereocenters. The molecule has 0 aromatic rings. The topological polar surface area (TPSA) is 15.3 Å². The van der Waals surface area contributed by atoms with Crippen LogP contribution in [0.1, 0.15) is 53.4 Å². The van der Waals surface area contributed by atoms with E-state index in [4.69, 9.17) is 0 Å². The number of hydrogen-bond donors (Lipinski definition) is 1. The summed E-state index contributed by atoms with van der Waals surface area (Å²) in [5, 5.41) is 3.34. The van der Waals surface area contributed by atoms with E-state index < -0.39 is 0 Å². The summed E-state index contributed by atoms with van der Waals surface area (Å²) >= 11 is 0. The molecule has 1 saturated heterocycles. The lowest BCUT2D eigenvalue weighted by molar-refractivity contribution is 0.0331. The van der Waals surface area contributed by atoms with Crippen LogP contribution in [0.15, 0.2) is 0 Å². The van der Waals surface area contributed by atoms with Crippen LogP contribution in [-0.2, 0) is 0 Å². The molecule has 0 aromatic carbocycles. The maximum Gasteiger partial charge on any atom is 0.0106 e. The van der Waals surface area contributed by atoms with Gasteiger partial charge in [0.15, 0.2) is 0 Å². The quantitative estimate of drug-likeness (QED) is 0.830. The number of nitrogens with zero attached hydrogens (tertiary/aromatic N) is 1. The monoisotopic (exact) mass is 252 g/mol. The zero-order valence-electron chi connectivity index (χ0n) is 13.1. The molecule has 1 unspecified atom stereocenters. The van der Waals surface area contributed by atoms with Crippen LogP contribution in [0.3, 0.4) is 0 Å². The van der Waals surface area contributed by atoms with Crippen molar-refractivity contribution in [2.24, 2.45) is 16.7 Å². The van der Waals surface area contributed by atoms with E-state index in [-0.39, 0.29) is 0 Å². The van der Waals surface area contributed by atoms with Crippen LogP contribution in [0.2, 0.25) is 0 Å². The smallest absolute Gasteiger partial charge is 0.0106 e. The fraction of sp³-hybridized carbons (Fsp3) is 1.00. The first kappa shape index (κ1) is 14.3. The van der Waals surface area contributed by atoms with Gasteiger partial charge in [0.05, 0.1) is 0 Å². The molecule has 2 rings (SSSR count). The molecule has 0 radical (unpaired) electrons. The second-order valence-electron chi connectivity index (χ2n) is 8.27. The summed E-state index contributed by atoms with van der Waals surface area (Å²) in [7, 11) is 2.08. The van der Waals surface area contributed by atoms with E-state index >= 15 is 0 Å². The third kappa shape index (κ3) is 3.48. The Balaban J connectivity index is 1.97. The summed E-state index contributed by atoms with van der Waals surface area (Å²) in [6, 6.07) is 0.825. The first-order valence-electron chi connectivity index (χ1n) is 7.70. The van der Waals surface area contributed by atoms with E-state index in [2.05, 4.69) is 45.0 Å². The first-order chi connectivity index (χ1) is 8.31. The van der Waals surface area contributed by atoms with Gasteiger partial charge in [-0.15, -0.1) is 0 Å². The fourth-order valence-corrected chi connectivity index (χ4v) is 4.70. The third-order valence-corrected chi connectivity index (χ3v) is 4.86. The van der Waals surface area contributed by atoms with Gasteiger partial charge in [-0.05, 0) is 62.6 Å². The highest BCUT2D eigenvalue weighted by atomic mass is 15.2. The Morgan fingerprint density at radius 2 is 1.72 bits per heavy atom. The SMILES string of the molecule is CNCC1CCN(C2CC(C)(C)CC(C)(C)C2)C1. The average Bonchev–Trinajstić information content (AvgIpc) is 2.62. The highest BCUT2D eigenvalue weighted by Crippen LogP contribution is 2.47. The van der Waals surface area contributed by atoms with Gasteiger partial charge in [0.1, 0.15) is 0 Å². The van der Waals surface area contributed by atoms with Gasteiger partial charge in [0, 0.05) is 12.6 Å². The maximum absolute atomic E-state index is 3.34. The van der Waals surface area contributed by atoms with Crippen molar-refractivity contribution in [3.8, 4) is 0 Å². The Bertz CT molecular complexity index is 267. The number of hydrogen-bond acceptors (Lipinski definition) is 2. The summed E-state index contributed by atoms with van der Waals surface area (Å²) in [6.45, 7) is 13.7. The minimum atomic E-state index is 0.521. The van der Waals surface area contributed by atoms with Gasteiger partial charge in [-0.3, -0.25) is 0 Å². The Morgan fingerprint density at radius 3 is 2.28 bits per heavy atom. The van der Waals surface area contributed by atoms with Crippen molar-refractivity contribution < 1.29 is 0 Å². The third-order valence-electron chi connectivity index (χ3n) is 4.86. The predicted molar refractivity (Wildman–Crippen MR) is 78.8 cm³/mol. The second-order valence-corrected chi connectivity index (χ2v) is 8.27. The highest BCUT2D eigenvalue weighted by Gasteiger charge is 2.41. The van der Waals surface area contributed by atoms with E-state index in [0.717, 1.165) is 12.0 Å². The zero-order chi connectivity index (χ0) is 13.4. The summed E-state index contributed by atoms with van der Waals surface area (Å²) in [6.07, 6.45) is 5.55. The molecule has 0 bridgehead atoms. The van der Waals surface area contributed by atoms with Crippen molar-refractivity contribution in [2.75, 3.05) is 26.7 Å². The molecule has 0 amide bonds. The predicted octanol–water partition coefficient (Wildman–Crippen LogP) is 3.13. The number of likely N-dealkylation sites (tertiary alicyclic amines) is 1. The van der Waals surface area contributed by atoms with Crippen LogP contribution in [0.5, 0.6) is 0 Å². The molecule has 1 aliphatic carbocycles. The molecule has 1 N–H and O–H groups in total. The van der Waals surface area contributed by atoms with Crippen LogP contribution in [0.4, 0.5) is 0 Å². The van der Waals surface area contributed by atoms with Crippen molar-refractivity contribution in [1.29, 1.82) is 0 Å².